The van der Waals surface area contributed by atoms with E-state index in [0.29, 0.717) is 10.9 Å². The molecular weight excluding hydrogens is 246 g/mol. The molecule has 2 heterocycles. The van der Waals surface area contributed by atoms with Crippen LogP contribution in [0.1, 0.15) is 12.8 Å². The van der Waals surface area contributed by atoms with E-state index < -0.39 is 10.8 Å². The quantitative estimate of drug-likeness (QED) is 0.882. The second-order valence-electron chi connectivity index (χ2n) is 3.75. The number of hydrogen-bond acceptors (Lipinski definition) is 4. The zero-order valence-corrected chi connectivity index (χ0v) is 10.6. The lowest BCUT2D eigenvalue weighted by atomic mass is 10.0. The van der Waals surface area contributed by atoms with Gasteiger partial charge in [0.25, 0.3) is 0 Å². The second kappa shape index (κ2) is 6.93. The lowest BCUT2D eigenvalue weighted by molar-refractivity contribution is 0.405. The van der Waals surface area contributed by atoms with E-state index in [-0.39, 0.29) is 12.4 Å². The molecule has 6 heteroatoms. The maximum atomic E-state index is 11.9. The molecule has 0 aromatic carbocycles. The fraction of sp³-hybridized carbons (Fsp3) is 0.600. The van der Waals surface area contributed by atoms with E-state index in [2.05, 4.69) is 15.3 Å². The van der Waals surface area contributed by atoms with Crippen LogP contribution < -0.4 is 5.32 Å². The van der Waals surface area contributed by atoms with Crippen molar-refractivity contribution < 1.29 is 4.21 Å². The molecule has 1 aromatic heterocycles. The number of piperidine rings is 1. The Hall–Kier alpha value is -0.520. The van der Waals surface area contributed by atoms with Gasteiger partial charge in [0.1, 0.15) is 5.03 Å². The zero-order valence-electron chi connectivity index (χ0n) is 8.96. The first-order chi connectivity index (χ1) is 7.36. The fourth-order valence-electron chi connectivity index (χ4n) is 1.75. The van der Waals surface area contributed by atoms with Gasteiger partial charge in [-0.3, -0.25) is 9.19 Å². The van der Waals surface area contributed by atoms with Gasteiger partial charge < -0.3 is 5.32 Å². The summed E-state index contributed by atoms with van der Waals surface area (Å²) in [6, 6.07) is 0. The first-order valence-electron chi connectivity index (χ1n) is 5.21. The molecule has 1 atom stereocenters. The maximum Gasteiger partial charge on any atom is 0.145 e. The molecule has 1 aromatic rings. The van der Waals surface area contributed by atoms with Crippen molar-refractivity contribution in [3.05, 3.63) is 18.6 Å². The third-order valence-electron chi connectivity index (χ3n) is 2.62. The van der Waals surface area contributed by atoms with Gasteiger partial charge in [0.15, 0.2) is 0 Å². The third-order valence-corrected chi connectivity index (χ3v) is 4.07. The SMILES string of the molecule is Cl.O=S(CC1CCNCC1)c1cnccn1. The molecule has 0 amide bonds. The second-order valence-corrected chi connectivity index (χ2v) is 5.19. The number of nitrogens with one attached hydrogen (secondary N) is 1. The maximum absolute atomic E-state index is 11.9. The Morgan fingerprint density at radius 2 is 2.12 bits per heavy atom. The molecule has 0 aliphatic carbocycles. The minimum absolute atomic E-state index is 0. The molecule has 0 saturated carbocycles. The zero-order chi connectivity index (χ0) is 10.5. The van der Waals surface area contributed by atoms with Gasteiger partial charge in [-0.2, -0.15) is 0 Å². The fourth-order valence-corrected chi connectivity index (χ4v) is 3.04. The number of aromatic nitrogens is 2. The molecule has 0 spiro atoms. The highest BCUT2D eigenvalue weighted by Crippen LogP contribution is 2.15. The molecule has 1 aliphatic heterocycles. The van der Waals surface area contributed by atoms with Crippen LogP contribution in [0.4, 0.5) is 0 Å². The van der Waals surface area contributed by atoms with E-state index in [1.807, 2.05) is 0 Å². The normalized spacial score (nSPS) is 18.8. The topological polar surface area (TPSA) is 54.9 Å². The molecule has 16 heavy (non-hydrogen) atoms. The van der Waals surface area contributed by atoms with Gasteiger partial charge in [-0.25, -0.2) is 4.98 Å². The van der Waals surface area contributed by atoms with Crippen LogP contribution in [0.2, 0.25) is 0 Å². The van der Waals surface area contributed by atoms with Crippen LogP contribution in [-0.2, 0) is 10.8 Å². The highest BCUT2D eigenvalue weighted by Gasteiger charge is 2.17. The number of hydrogen-bond donors (Lipinski definition) is 1. The summed E-state index contributed by atoms with van der Waals surface area (Å²) in [5.74, 6) is 1.29. The lowest BCUT2D eigenvalue weighted by Gasteiger charge is -2.21. The van der Waals surface area contributed by atoms with E-state index in [1.165, 1.54) is 0 Å². The van der Waals surface area contributed by atoms with Crippen LogP contribution in [0.3, 0.4) is 0 Å². The molecule has 90 valence electrons. The molecule has 4 nitrogen and oxygen atoms in total. The van der Waals surface area contributed by atoms with Crippen LogP contribution in [-0.4, -0.2) is 33.0 Å². The smallest absolute Gasteiger partial charge is 0.145 e. The molecule has 1 N–H and O–H groups in total. The Morgan fingerprint density at radius 1 is 1.38 bits per heavy atom. The molecule has 2 rings (SSSR count). The Bertz CT molecular complexity index is 330. The standard InChI is InChI=1S/C10H15N3OS.ClH/c14-15(10-7-12-5-6-13-10)8-9-1-3-11-4-2-9;/h5-7,9,11H,1-4,8H2;1H. The molecule has 0 bridgehead atoms. The first kappa shape index (κ1) is 13.5. The first-order valence-corrected chi connectivity index (χ1v) is 6.53. The van der Waals surface area contributed by atoms with Gasteiger partial charge in [-0.1, -0.05) is 0 Å². The lowest BCUT2D eigenvalue weighted by Crippen LogP contribution is -2.30. The van der Waals surface area contributed by atoms with Crippen LogP contribution in [0.15, 0.2) is 23.6 Å². The molecule has 1 aliphatic rings. The van der Waals surface area contributed by atoms with Crippen LogP contribution in [0.5, 0.6) is 0 Å². The van der Waals surface area contributed by atoms with E-state index in [4.69, 9.17) is 0 Å². The van der Waals surface area contributed by atoms with Gasteiger partial charge in [0, 0.05) is 18.1 Å². The van der Waals surface area contributed by atoms with Crippen LogP contribution in [0.25, 0.3) is 0 Å². The van der Waals surface area contributed by atoms with Crippen LogP contribution in [0, 0.1) is 5.92 Å². The van der Waals surface area contributed by atoms with E-state index >= 15 is 0 Å². The summed E-state index contributed by atoms with van der Waals surface area (Å²) >= 11 is 0. The van der Waals surface area contributed by atoms with E-state index in [0.717, 1.165) is 31.7 Å². The minimum Gasteiger partial charge on any atom is -0.317 e. The van der Waals surface area contributed by atoms with E-state index in [9.17, 15) is 4.21 Å². The molecular formula is C10H16ClN3OS. The molecule has 1 saturated heterocycles. The monoisotopic (exact) mass is 261 g/mol. The Morgan fingerprint density at radius 3 is 2.75 bits per heavy atom. The van der Waals surface area contributed by atoms with Gasteiger partial charge >= 0.3 is 0 Å². The van der Waals surface area contributed by atoms with Crippen molar-refractivity contribution in [2.75, 3.05) is 18.8 Å². The summed E-state index contributed by atoms with van der Waals surface area (Å²) in [4.78, 5) is 8.00. The van der Waals surface area contributed by atoms with Crippen molar-refractivity contribution >= 4 is 23.2 Å². The highest BCUT2D eigenvalue weighted by atomic mass is 35.5. The number of nitrogens with zero attached hydrogens (tertiary/aromatic N) is 2. The largest absolute Gasteiger partial charge is 0.317 e. The van der Waals surface area contributed by atoms with Crippen molar-refractivity contribution in [1.82, 2.24) is 15.3 Å². The van der Waals surface area contributed by atoms with Gasteiger partial charge in [0.05, 0.1) is 17.0 Å². The number of halogens is 1. The van der Waals surface area contributed by atoms with Crippen molar-refractivity contribution in [2.45, 2.75) is 17.9 Å². The van der Waals surface area contributed by atoms with Crippen molar-refractivity contribution in [3.8, 4) is 0 Å². The van der Waals surface area contributed by atoms with Crippen LogP contribution >= 0.6 is 12.4 Å². The summed E-state index contributed by atoms with van der Waals surface area (Å²) in [6.45, 7) is 2.09. The van der Waals surface area contributed by atoms with Crippen molar-refractivity contribution in [2.24, 2.45) is 5.92 Å². The Balaban J connectivity index is 0.00000128. The van der Waals surface area contributed by atoms with Gasteiger partial charge in [-0.15, -0.1) is 12.4 Å². The summed E-state index contributed by atoms with van der Waals surface area (Å²) < 4.78 is 11.9. The average Bonchev–Trinajstić information content (AvgIpc) is 2.31. The summed E-state index contributed by atoms with van der Waals surface area (Å²) in [7, 11) is -0.982. The molecule has 1 fully saturated rings. The Kier molecular flexibility index (Phi) is 5.87. The van der Waals surface area contributed by atoms with Crippen molar-refractivity contribution in [1.29, 1.82) is 0 Å². The van der Waals surface area contributed by atoms with Gasteiger partial charge in [-0.05, 0) is 31.8 Å². The Labute approximate surface area is 104 Å². The predicted octanol–water partition coefficient (Wildman–Crippen LogP) is 1.01. The number of rotatable bonds is 3. The van der Waals surface area contributed by atoms with Crippen molar-refractivity contribution in [3.63, 3.8) is 0 Å². The molecule has 1 unspecified atom stereocenters. The molecule has 0 radical (unpaired) electrons. The average molecular weight is 262 g/mol. The summed E-state index contributed by atoms with van der Waals surface area (Å²) in [5.41, 5.74) is 0. The van der Waals surface area contributed by atoms with E-state index in [1.54, 1.807) is 18.6 Å². The minimum atomic E-state index is -0.982. The summed E-state index contributed by atoms with van der Waals surface area (Å²) in [6.07, 6.45) is 7.02. The summed E-state index contributed by atoms with van der Waals surface area (Å²) in [5, 5.41) is 3.91. The highest BCUT2D eigenvalue weighted by molar-refractivity contribution is 7.84. The predicted molar refractivity (Wildman–Crippen MR) is 66.1 cm³/mol. The van der Waals surface area contributed by atoms with Gasteiger partial charge in [0.2, 0.25) is 0 Å². The third kappa shape index (κ3) is 3.81.